The maximum absolute atomic E-state index is 12.5. The van der Waals surface area contributed by atoms with Crippen LogP contribution in [0.4, 0.5) is 5.69 Å². The summed E-state index contributed by atoms with van der Waals surface area (Å²) < 4.78 is 0. The minimum absolute atomic E-state index is 0.230. The number of likely N-dealkylation sites (tertiary alicyclic amines) is 2. The molecule has 4 aromatic carbocycles. The third-order valence-electron chi connectivity index (χ3n) is 10.00. The van der Waals surface area contributed by atoms with Crippen LogP contribution in [0.3, 0.4) is 0 Å². The van der Waals surface area contributed by atoms with Crippen LogP contribution in [-0.4, -0.2) is 66.3 Å². The summed E-state index contributed by atoms with van der Waals surface area (Å²) in [4.78, 5) is 29.3. The molecule has 0 saturated carbocycles. The molecule has 1 amide bonds. The Hall–Kier alpha value is -3.77. The molecule has 6 heteroatoms. The molecular weight excluding hydrogens is 650 g/mol. The quantitative estimate of drug-likeness (QED) is 0.138. The van der Waals surface area contributed by atoms with Crippen LogP contribution in [0.1, 0.15) is 69.1 Å². The van der Waals surface area contributed by atoms with Crippen molar-refractivity contribution in [3.63, 3.8) is 0 Å². The largest absolute Gasteiger partial charge is 0.309 e. The summed E-state index contributed by atoms with van der Waals surface area (Å²) in [6.07, 6.45) is 9.34. The number of amides is 1. The third-order valence-corrected chi connectivity index (χ3v) is 10.3. The van der Waals surface area contributed by atoms with Gasteiger partial charge in [-0.15, -0.1) is 0 Å². The first-order valence-electron chi connectivity index (χ1n) is 19.1. The van der Waals surface area contributed by atoms with Crippen molar-refractivity contribution in [3.8, 4) is 0 Å². The zero-order valence-electron chi connectivity index (χ0n) is 30.8. The zero-order chi connectivity index (χ0) is 36.1. The summed E-state index contributed by atoms with van der Waals surface area (Å²) in [5, 5.41) is -0.273. The summed E-state index contributed by atoms with van der Waals surface area (Å²) >= 11 is 4.82. The van der Waals surface area contributed by atoms with Crippen LogP contribution in [-0.2, 0) is 28.9 Å². The predicted octanol–water partition coefficient (Wildman–Crippen LogP) is 9.48. The van der Waals surface area contributed by atoms with Crippen LogP contribution in [0.5, 0.6) is 0 Å². The van der Waals surface area contributed by atoms with Gasteiger partial charge in [0.2, 0.25) is 11.1 Å². The van der Waals surface area contributed by atoms with Crippen LogP contribution < -0.4 is 4.90 Å². The first-order valence-corrected chi connectivity index (χ1v) is 19.4. The molecule has 0 aliphatic carbocycles. The van der Waals surface area contributed by atoms with Gasteiger partial charge in [0, 0.05) is 50.7 Å². The Morgan fingerprint density at radius 1 is 0.588 bits per heavy atom. The predicted molar refractivity (Wildman–Crippen MR) is 214 cm³/mol. The Labute approximate surface area is 312 Å². The van der Waals surface area contributed by atoms with E-state index in [1.54, 1.807) is 6.92 Å². The van der Waals surface area contributed by atoms with E-state index in [0.717, 1.165) is 50.5 Å². The lowest BCUT2D eigenvalue weighted by Gasteiger charge is -2.38. The molecule has 5 nitrogen and oxygen atoms in total. The number of nitrogens with zero attached hydrogens (tertiary/aromatic N) is 3. The van der Waals surface area contributed by atoms with Gasteiger partial charge in [-0.3, -0.25) is 9.59 Å². The van der Waals surface area contributed by atoms with Crippen molar-refractivity contribution < 1.29 is 9.59 Å². The lowest BCUT2D eigenvalue weighted by atomic mass is 9.90. The molecule has 2 aliphatic heterocycles. The maximum atomic E-state index is 12.5. The fourth-order valence-electron chi connectivity index (χ4n) is 6.94. The van der Waals surface area contributed by atoms with Gasteiger partial charge in [0.15, 0.2) is 0 Å². The summed E-state index contributed by atoms with van der Waals surface area (Å²) in [5.74, 6) is 1.11. The highest BCUT2D eigenvalue weighted by Gasteiger charge is 2.28. The van der Waals surface area contributed by atoms with Crippen LogP contribution >= 0.6 is 11.6 Å². The smallest absolute Gasteiger partial charge is 0.226 e. The molecule has 0 radical (unpaired) electrons. The van der Waals surface area contributed by atoms with Gasteiger partial charge >= 0.3 is 0 Å². The lowest BCUT2D eigenvalue weighted by Crippen LogP contribution is -2.47. The van der Waals surface area contributed by atoms with Gasteiger partial charge in [-0.1, -0.05) is 123 Å². The third kappa shape index (κ3) is 14.8. The first kappa shape index (κ1) is 40.0. The van der Waals surface area contributed by atoms with E-state index >= 15 is 0 Å². The van der Waals surface area contributed by atoms with Crippen molar-refractivity contribution in [2.45, 2.75) is 77.7 Å². The molecule has 4 aromatic rings. The van der Waals surface area contributed by atoms with Crippen molar-refractivity contribution in [3.05, 3.63) is 138 Å². The molecule has 0 atom stereocenters. The number of carbonyl (C=O) groups excluding carboxylic acids is 2. The average Bonchev–Trinajstić information content (AvgIpc) is 3.19. The monoisotopic (exact) mass is 707 g/mol. The Kier molecular flexibility index (Phi) is 18.0. The van der Waals surface area contributed by atoms with Gasteiger partial charge in [0.25, 0.3) is 0 Å². The van der Waals surface area contributed by atoms with Crippen molar-refractivity contribution in [2.75, 3.05) is 44.2 Å². The Bertz CT molecular complexity index is 1500. The van der Waals surface area contributed by atoms with Crippen molar-refractivity contribution in [1.82, 2.24) is 9.80 Å². The van der Waals surface area contributed by atoms with Crippen LogP contribution in [0.25, 0.3) is 0 Å². The van der Waals surface area contributed by atoms with Gasteiger partial charge in [-0.25, -0.2) is 0 Å². The topological polar surface area (TPSA) is 43.9 Å². The Balaban J connectivity index is 0.000000204. The van der Waals surface area contributed by atoms with E-state index in [1.807, 2.05) is 30.0 Å². The normalized spacial score (nSPS) is 15.5. The molecule has 0 unspecified atom stereocenters. The Morgan fingerprint density at radius 3 is 1.39 bits per heavy atom. The van der Waals surface area contributed by atoms with Gasteiger partial charge in [-0.2, -0.15) is 0 Å². The molecule has 272 valence electrons. The molecule has 0 bridgehead atoms. The van der Waals surface area contributed by atoms with Crippen LogP contribution in [0.15, 0.2) is 121 Å². The molecular formula is C45H58ClN3O2. The van der Waals surface area contributed by atoms with Crippen LogP contribution in [0, 0.1) is 5.92 Å². The second kappa shape index (κ2) is 22.9. The molecule has 0 aromatic heterocycles. The minimum Gasteiger partial charge on any atom is -0.309 e. The Morgan fingerprint density at radius 2 is 0.980 bits per heavy atom. The SMILES string of the molecule is CCC(=O)Cl.CCC(=O)N(c1ccccc1)C1CCN(CCc2ccccc2)CC1.c1ccc(CCN2CCC(Cc3ccccc3)CC2)cc1. The van der Waals surface area contributed by atoms with Crippen molar-refractivity contribution in [2.24, 2.45) is 5.92 Å². The summed E-state index contributed by atoms with van der Waals surface area (Å²) in [5.41, 5.74) is 5.40. The highest BCUT2D eigenvalue weighted by Crippen LogP contribution is 2.25. The number of halogens is 1. The van der Waals surface area contributed by atoms with E-state index in [9.17, 15) is 9.59 Å². The number of hydrogen-bond acceptors (Lipinski definition) is 4. The van der Waals surface area contributed by atoms with Gasteiger partial charge in [0.05, 0.1) is 0 Å². The minimum atomic E-state index is -0.273. The number of rotatable bonds is 12. The average molecular weight is 708 g/mol. The summed E-state index contributed by atoms with van der Waals surface area (Å²) in [6, 6.07) is 42.9. The summed E-state index contributed by atoms with van der Waals surface area (Å²) in [7, 11) is 0. The van der Waals surface area contributed by atoms with Crippen molar-refractivity contribution >= 4 is 28.4 Å². The standard InChI is InChI=1S/C22H28N2O.C20H25N.C3H5ClO/c1-2-22(25)24(20-11-7-4-8-12-20)21-14-17-23(18-15-21)16-13-19-9-5-3-6-10-19;1-3-7-18(8-4-1)11-14-21-15-12-20(13-16-21)17-19-9-5-2-6-10-19;1-2-3(4)5/h3-12,21H,2,13-18H2,1H3;1-10,20H,11-17H2;2H2,1H3. The molecule has 2 aliphatic rings. The van der Waals surface area contributed by atoms with E-state index in [-0.39, 0.29) is 11.1 Å². The van der Waals surface area contributed by atoms with E-state index in [0.29, 0.717) is 18.9 Å². The second-order valence-corrected chi connectivity index (χ2v) is 14.1. The molecule has 2 saturated heterocycles. The van der Waals surface area contributed by atoms with E-state index in [2.05, 4.69) is 113 Å². The summed E-state index contributed by atoms with van der Waals surface area (Å²) in [6.45, 7) is 10.7. The van der Waals surface area contributed by atoms with E-state index in [4.69, 9.17) is 11.6 Å². The second-order valence-electron chi connectivity index (χ2n) is 13.7. The maximum Gasteiger partial charge on any atom is 0.226 e. The van der Waals surface area contributed by atoms with Crippen molar-refractivity contribution in [1.29, 1.82) is 0 Å². The molecule has 0 N–H and O–H groups in total. The van der Waals surface area contributed by atoms with Crippen LogP contribution in [0.2, 0.25) is 0 Å². The number of carbonyl (C=O) groups is 2. The van der Waals surface area contributed by atoms with E-state index < -0.39 is 0 Å². The molecule has 2 heterocycles. The van der Waals surface area contributed by atoms with Gasteiger partial charge in [0.1, 0.15) is 0 Å². The number of hydrogen-bond donors (Lipinski definition) is 0. The number of anilines is 1. The first-order chi connectivity index (χ1) is 24.9. The lowest BCUT2D eigenvalue weighted by molar-refractivity contribution is -0.119. The van der Waals surface area contributed by atoms with Gasteiger partial charge < -0.3 is 14.7 Å². The highest BCUT2D eigenvalue weighted by atomic mass is 35.5. The van der Waals surface area contributed by atoms with Gasteiger partial charge in [-0.05, 0) is 104 Å². The van der Waals surface area contributed by atoms with E-state index in [1.165, 1.54) is 62.0 Å². The molecule has 51 heavy (non-hydrogen) atoms. The molecule has 0 spiro atoms. The molecule has 6 rings (SSSR count). The zero-order valence-corrected chi connectivity index (χ0v) is 31.6. The number of benzene rings is 4. The highest BCUT2D eigenvalue weighted by molar-refractivity contribution is 6.63. The fourth-order valence-corrected chi connectivity index (χ4v) is 6.94. The fraction of sp³-hybridized carbons (Fsp3) is 0.422. The number of para-hydroxylation sites is 1. The number of piperidine rings is 2. The molecule has 2 fully saturated rings.